The zero-order valence-corrected chi connectivity index (χ0v) is 8.66. The molecule has 1 aromatic carbocycles. The van der Waals surface area contributed by atoms with Crippen molar-refractivity contribution in [3.8, 4) is 5.75 Å². The van der Waals surface area contributed by atoms with Gasteiger partial charge in [0.15, 0.2) is 0 Å². The lowest BCUT2D eigenvalue weighted by Gasteiger charge is -2.14. The fourth-order valence-corrected chi connectivity index (χ4v) is 1.20. The van der Waals surface area contributed by atoms with Gasteiger partial charge in [0, 0.05) is 6.42 Å². The van der Waals surface area contributed by atoms with Crippen LogP contribution in [0.25, 0.3) is 0 Å². The Morgan fingerprint density at radius 3 is 2.40 bits per heavy atom. The molecule has 0 aliphatic carbocycles. The summed E-state index contributed by atoms with van der Waals surface area (Å²) < 4.78 is 18.4. The van der Waals surface area contributed by atoms with Gasteiger partial charge in [-0.05, 0) is 24.6 Å². The van der Waals surface area contributed by atoms with Gasteiger partial charge in [0.05, 0.1) is 7.11 Å². The molecule has 0 heterocycles. The van der Waals surface area contributed by atoms with E-state index < -0.39 is 11.6 Å². The van der Waals surface area contributed by atoms with Crippen molar-refractivity contribution in [2.24, 2.45) is 0 Å². The minimum atomic E-state index is -2.23. The Labute approximate surface area is 87.5 Å². The Morgan fingerprint density at radius 1 is 1.47 bits per heavy atom. The number of rotatable bonds is 4. The second-order valence-corrected chi connectivity index (χ2v) is 3.53. The van der Waals surface area contributed by atoms with E-state index in [0.717, 1.165) is 6.92 Å². The Hall–Kier alpha value is -1.58. The summed E-state index contributed by atoms with van der Waals surface area (Å²) in [6.45, 7) is 1.06. The van der Waals surface area contributed by atoms with E-state index in [4.69, 9.17) is 9.84 Å². The average molecular weight is 212 g/mol. The molecule has 0 bridgehead atoms. The van der Waals surface area contributed by atoms with Crippen LogP contribution in [-0.4, -0.2) is 23.9 Å². The monoisotopic (exact) mass is 212 g/mol. The van der Waals surface area contributed by atoms with Gasteiger partial charge in [0.1, 0.15) is 5.75 Å². The van der Waals surface area contributed by atoms with Crippen molar-refractivity contribution < 1.29 is 19.0 Å². The highest BCUT2D eigenvalue weighted by Gasteiger charge is 2.32. The van der Waals surface area contributed by atoms with Gasteiger partial charge in [-0.3, -0.25) is 0 Å². The molecule has 0 amide bonds. The highest BCUT2D eigenvalue weighted by atomic mass is 19.1. The van der Waals surface area contributed by atoms with Crippen LogP contribution in [-0.2, 0) is 11.2 Å². The highest BCUT2D eigenvalue weighted by Crippen LogP contribution is 2.20. The van der Waals surface area contributed by atoms with Crippen LogP contribution < -0.4 is 4.74 Å². The van der Waals surface area contributed by atoms with Crippen LogP contribution >= 0.6 is 0 Å². The van der Waals surface area contributed by atoms with Crippen LogP contribution in [0.3, 0.4) is 0 Å². The van der Waals surface area contributed by atoms with Crippen LogP contribution in [0.15, 0.2) is 24.3 Å². The number of aliphatic carboxylic acids is 1. The van der Waals surface area contributed by atoms with Gasteiger partial charge in [-0.15, -0.1) is 0 Å². The second-order valence-electron chi connectivity index (χ2n) is 3.53. The van der Waals surface area contributed by atoms with E-state index in [0.29, 0.717) is 11.3 Å². The number of hydrogen-bond acceptors (Lipinski definition) is 2. The molecule has 0 saturated carbocycles. The standard InChI is InChI=1S/C11H13FO3/c1-11(12,10(13)14)7-8-3-5-9(15-2)6-4-8/h3-6H,7H2,1-2H3,(H,13,14)/t11-/m1/s1. The first kappa shape index (κ1) is 11.5. The molecule has 1 rings (SSSR count). The Kier molecular flexibility index (Phi) is 3.29. The van der Waals surface area contributed by atoms with E-state index in [2.05, 4.69) is 0 Å². The molecular formula is C11H13FO3. The molecule has 0 fully saturated rings. The first-order valence-electron chi connectivity index (χ1n) is 4.51. The summed E-state index contributed by atoms with van der Waals surface area (Å²) >= 11 is 0. The topological polar surface area (TPSA) is 46.5 Å². The maximum Gasteiger partial charge on any atom is 0.341 e. The molecule has 1 N–H and O–H groups in total. The molecule has 1 atom stereocenters. The first-order valence-corrected chi connectivity index (χ1v) is 4.51. The number of alkyl halides is 1. The van der Waals surface area contributed by atoms with E-state index in [1.807, 2.05) is 0 Å². The van der Waals surface area contributed by atoms with Crippen molar-refractivity contribution in [3.05, 3.63) is 29.8 Å². The lowest BCUT2D eigenvalue weighted by molar-refractivity contribution is -0.149. The van der Waals surface area contributed by atoms with Crippen molar-refractivity contribution in [3.63, 3.8) is 0 Å². The van der Waals surface area contributed by atoms with Gasteiger partial charge < -0.3 is 9.84 Å². The summed E-state index contributed by atoms with van der Waals surface area (Å²) in [6.07, 6.45) is -0.147. The molecule has 15 heavy (non-hydrogen) atoms. The summed E-state index contributed by atoms with van der Waals surface area (Å²) in [4.78, 5) is 10.5. The van der Waals surface area contributed by atoms with Crippen LogP contribution in [0.2, 0.25) is 0 Å². The first-order chi connectivity index (χ1) is 6.95. The SMILES string of the molecule is COc1ccc(C[C@@](C)(F)C(=O)O)cc1. The summed E-state index contributed by atoms with van der Waals surface area (Å²) in [5.74, 6) is -0.784. The van der Waals surface area contributed by atoms with Crippen molar-refractivity contribution in [1.82, 2.24) is 0 Å². The second kappa shape index (κ2) is 4.29. The molecule has 1 aromatic rings. The molecule has 0 spiro atoms. The molecule has 0 aromatic heterocycles. The molecule has 3 nitrogen and oxygen atoms in total. The average Bonchev–Trinajstić information content (AvgIpc) is 2.18. The molecule has 4 heteroatoms. The van der Waals surface area contributed by atoms with Crippen molar-refractivity contribution in [1.29, 1.82) is 0 Å². The highest BCUT2D eigenvalue weighted by molar-refractivity contribution is 5.77. The number of halogens is 1. The van der Waals surface area contributed by atoms with Crippen LogP contribution in [0.1, 0.15) is 12.5 Å². The zero-order valence-electron chi connectivity index (χ0n) is 8.66. The number of carboxylic acid groups (broad SMARTS) is 1. The van der Waals surface area contributed by atoms with Gasteiger partial charge in [0.25, 0.3) is 0 Å². The van der Waals surface area contributed by atoms with E-state index in [9.17, 15) is 9.18 Å². The van der Waals surface area contributed by atoms with E-state index >= 15 is 0 Å². The quantitative estimate of drug-likeness (QED) is 0.830. The van der Waals surface area contributed by atoms with Crippen molar-refractivity contribution in [2.45, 2.75) is 19.0 Å². The Bertz CT molecular complexity index is 343. The lowest BCUT2D eigenvalue weighted by atomic mass is 9.98. The Morgan fingerprint density at radius 2 is 2.00 bits per heavy atom. The maximum absolute atomic E-state index is 13.5. The molecule has 0 saturated heterocycles. The zero-order chi connectivity index (χ0) is 11.5. The molecule has 0 aliphatic rings. The van der Waals surface area contributed by atoms with Crippen molar-refractivity contribution >= 4 is 5.97 Å². The minimum absolute atomic E-state index is 0.147. The number of carbonyl (C=O) groups is 1. The molecule has 0 aliphatic heterocycles. The number of benzene rings is 1. The Balaban J connectivity index is 2.77. The van der Waals surface area contributed by atoms with Gasteiger partial charge in [-0.25, -0.2) is 9.18 Å². The van der Waals surface area contributed by atoms with E-state index in [-0.39, 0.29) is 6.42 Å². The molecule has 0 unspecified atom stereocenters. The maximum atomic E-state index is 13.5. The minimum Gasteiger partial charge on any atom is -0.497 e. The number of methoxy groups -OCH3 is 1. The van der Waals surface area contributed by atoms with Crippen LogP contribution in [0.4, 0.5) is 4.39 Å². The smallest absolute Gasteiger partial charge is 0.341 e. The van der Waals surface area contributed by atoms with Gasteiger partial charge in [-0.1, -0.05) is 12.1 Å². The fraction of sp³-hybridized carbons (Fsp3) is 0.364. The number of carboxylic acids is 1. The molecular weight excluding hydrogens is 199 g/mol. The third-order valence-electron chi connectivity index (χ3n) is 2.14. The third-order valence-corrected chi connectivity index (χ3v) is 2.14. The summed E-state index contributed by atoms with van der Waals surface area (Å²) in [5, 5.41) is 8.60. The number of hydrogen-bond donors (Lipinski definition) is 1. The summed E-state index contributed by atoms with van der Waals surface area (Å²) in [6, 6.07) is 6.65. The van der Waals surface area contributed by atoms with Crippen LogP contribution in [0, 0.1) is 0 Å². The van der Waals surface area contributed by atoms with Crippen molar-refractivity contribution in [2.75, 3.05) is 7.11 Å². The van der Waals surface area contributed by atoms with Gasteiger partial charge in [0.2, 0.25) is 5.67 Å². The normalized spacial score (nSPS) is 14.3. The van der Waals surface area contributed by atoms with Gasteiger partial charge >= 0.3 is 5.97 Å². The third kappa shape index (κ3) is 2.94. The van der Waals surface area contributed by atoms with E-state index in [1.165, 1.54) is 7.11 Å². The fourth-order valence-electron chi connectivity index (χ4n) is 1.20. The lowest BCUT2D eigenvalue weighted by Crippen LogP contribution is -2.32. The summed E-state index contributed by atoms with van der Waals surface area (Å²) in [7, 11) is 1.53. The summed E-state index contributed by atoms with van der Waals surface area (Å²) in [5.41, 5.74) is -1.60. The predicted molar refractivity (Wildman–Crippen MR) is 53.8 cm³/mol. The number of ether oxygens (including phenoxy) is 1. The van der Waals surface area contributed by atoms with E-state index in [1.54, 1.807) is 24.3 Å². The molecule has 0 radical (unpaired) electrons. The van der Waals surface area contributed by atoms with Crippen LogP contribution in [0.5, 0.6) is 5.75 Å². The largest absolute Gasteiger partial charge is 0.497 e. The molecule has 82 valence electrons. The van der Waals surface area contributed by atoms with Gasteiger partial charge in [-0.2, -0.15) is 0 Å². The predicted octanol–water partition coefficient (Wildman–Crippen LogP) is 2.05.